The van der Waals surface area contributed by atoms with Gasteiger partial charge in [0.2, 0.25) is 10.0 Å². The van der Waals surface area contributed by atoms with E-state index in [0.29, 0.717) is 17.4 Å². The third-order valence-electron chi connectivity index (χ3n) is 9.20. The van der Waals surface area contributed by atoms with Crippen molar-refractivity contribution in [2.45, 2.75) is 25.5 Å². The summed E-state index contributed by atoms with van der Waals surface area (Å²) in [6, 6.07) is 17.4. The first-order chi connectivity index (χ1) is 28.0. The molecule has 2 N–H and O–H groups in total. The summed E-state index contributed by atoms with van der Waals surface area (Å²) in [5.74, 6) is -1.84. The number of benzene rings is 4. The number of hydrogen-bond donors (Lipinski definition) is 1. The molecule has 59 heavy (non-hydrogen) atoms. The van der Waals surface area contributed by atoms with Crippen LogP contribution in [0.5, 0.6) is 5.75 Å². The van der Waals surface area contributed by atoms with Crippen LogP contribution in [0.1, 0.15) is 35.2 Å². The molecule has 0 aliphatic heterocycles. The van der Waals surface area contributed by atoms with E-state index in [4.69, 9.17) is 31.8 Å². The van der Waals surface area contributed by atoms with Crippen molar-refractivity contribution in [1.82, 2.24) is 29.3 Å². The molecular weight excluding hydrogens is 820 g/mol. The number of alkyl halides is 2. The molecule has 0 saturated carbocycles. The van der Waals surface area contributed by atoms with Crippen molar-refractivity contribution in [3.05, 3.63) is 135 Å². The van der Waals surface area contributed by atoms with Crippen LogP contribution in [-0.4, -0.2) is 57.2 Å². The van der Waals surface area contributed by atoms with Gasteiger partial charge in [-0.2, -0.15) is 5.10 Å². The fourth-order valence-electron chi connectivity index (χ4n) is 6.63. The van der Waals surface area contributed by atoms with E-state index in [2.05, 4.69) is 15.1 Å². The highest BCUT2D eigenvalue weighted by Gasteiger charge is 2.31. The lowest BCUT2D eigenvalue weighted by atomic mass is 10.1. The van der Waals surface area contributed by atoms with E-state index in [1.807, 2.05) is 0 Å². The number of nitrogens with two attached hydrogens (primary N) is 1. The summed E-state index contributed by atoms with van der Waals surface area (Å²) in [6.07, 6.45) is -4.14. The highest BCUT2D eigenvalue weighted by Crippen LogP contribution is 2.39. The second-order valence-electron chi connectivity index (χ2n) is 13.2. The van der Waals surface area contributed by atoms with Crippen molar-refractivity contribution in [2.75, 3.05) is 17.7 Å². The molecule has 0 radical (unpaired) electrons. The Balaban J connectivity index is 1.50. The number of anilines is 1. The van der Waals surface area contributed by atoms with Crippen LogP contribution >= 0.6 is 11.6 Å². The fraction of sp³-hybridized carbons (Fsp3) is 0.179. The zero-order valence-electron chi connectivity index (χ0n) is 31.1. The minimum atomic E-state index is -4.05. The third kappa shape index (κ3) is 8.24. The molecule has 20 heteroatoms. The zero-order chi connectivity index (χ0) is 42.3. The van der Waals surface area contributed by atoms with Gasteiger partial charge in [-0.15, -0.1) is 0 Å². The van der Waals surface area contributed by atoms with E-state index in [9.17, 15) is 35.6 Å². The Morgan fingerprint density at radius 1 is 0.966 bits per heavy atom. The summed E-state index contributed by atoms with van der Waals surface area (Å²) in [6.45, 7) is -0.177. The number of nitrogens with zero attached hydrogens (tertiary/aromatic N) is 7. The molecule has 14 nitrogen and oxygen atoms in total. The average molecular weight is 851 g/mol. The van der Waals surface area contributed by atoms with Crippen LogP contribution in [0.2, 0.25) is 5.02 Å². The Kier molecular flexibility index (Phi) is 11.0. The van der Waals surface area contributed by atoms with Crippen molar-refractivity contribution in [3.8, 4) is 22.8 Å². The topological polar surface area (TPSA) is 177 Å². The quantitative estimate of drug-likeness (QED) is 0.127. The van der Waals surface area contributed by atoms with Crippen LogP contribution in [-0.2, 0) is 34.8 Å². The molecule has 4 aromatic carbocycles. The lowest BCUT2D eigenvalue weighted by Crippen LogP contribution is -2.30. The number of carbonyl (C=O) groups is 1. The number of aryl methyl sites for hydroxylation is 1. The van der Waals surface area contributed by atoms with Crippen LogP contribution < -0.4 is 20.3 Å². The van der Waals surface area contributed by atoms with Crippen LogP contribution in [0.3, 0.4) is 0 Å². The first kappa shape index (κ1) is 40.6. The van der Waals surface area contributed by atoms with Crippen molar-refractivity contribution in [2.24, 2.45) is 12.8 Å². The normalized spacial score (nSPS) is 12.3. The summed E-state index contributed by atoms with van der Waals surface area (Å²) in [7, 11) is -1.07. The van der Waals surface area contributed by atoms with Crippen LogP contribution in [0.15, 0.2) is 89.9 Å². The molecule has 0 saturated heterocycles. The van der Waals surface area contributed by atoms with Gasteiger partial charge in [0.1, 0.15) is 23.1 Å². The maximum atomic E-state index is 14.8. The Hall–Kier alpha value is -6.60. The molecule has 7 aromatic rings. The molecule has 3 aromatic heterocycles. The number of halogens is 5. The minimum absolute atomic E-state index is 0.00740. The fourth-order valence-corrected chi connectivity index (χ4v) is 7.69. The van der Waals surface area contributed by atoms with E-state index >= 15 is 0 Å². The van der Waals surface area contributed by atoms with Crippen molar-refractivity contribution >= 4 is 55.3 Å². The van der Waals surface area contributed by atoms with E-state index in [1.165, 1.54) is 49.2 Å². The lowest BCUT2D eigenvalue weighted by molar-refractivity contribution is 0.1000. The number of carbonyl (C=O) groups excluding carboxylic acids is 1. The van der Waals surface area contributed by atoms with E-state index in [0.717, 1.165) is 39.5 Å². The molecule has 0 spiro atoms. The maximum Gasteiger partial charge on any atom is 0.405 e. The summed E-state index contributed by atoms with van der Waals surface area (Å²) >= 11 is 6.81. The first-order valence-electron chi connectivity index (χ1n) is 17.4. The second kappa shape index (κ2) is 16.0. The molecule has 304 valence electrons. The molecule has 7 rings (SSSR count). The highest BCUT2D eigenvalue weighted by atomic mass is 35.5. The second-order valence-corrected chi connectivity index (χ2v) is 15.5. The zero-order valence-corrected chi connectivity index (χ0v) is 32.7. The number of sulfonamides is 1. The first-order valence-corrected chi connectivity index (χ1v) is 19.6. The van der Waals surface area contributed by atoms with Crippen molar-refractivity contribution < 1.29 is 40.2 Å². The van der Waals surface area contributed by atoms with Gasteiger partial charge in [-0.3, -0.25) is 14.0 Å². The van der Waals surface area contributed by atoms with Crippen molar-refractivity contribution in [1.29, 1.82) is 0 Å². The van der Waals surface area contributed by atoms with Gasteiger partial charge in [0.05, 0.1) is 52.4 Å². The standard InChI is InChI=1S/C39H31ClF4N8O6S/c1-50-33-30(11-10-27(40)32(33)37(49-50)51(59(3,55)56)19-20-4-7-25(57-2)8-5-20)52-36(31(58-39(45)54)16-21-14-23(41)18-24(42)15-21)48-29-17-22(6-9-26(29)38(52)53)35-46-13-12-28(47-35)34(43)44/h4-15,17-18,31,34H,16,19H2,1-3H3,(H2,45,54)/t31-/m0/s1. The maximum absolute atomic E-state index is 14.8. The van der Waals surface area contributed by atoms with Gasteiger partial charge in [-0.1, -0.05) is 29.8 Å². The summed E-state index contributed by atoms with van der Waals surface area (Å²) in [5, 5.41) is 4.69. The van der Waals surface area contributed by atoms with Gasteiger partial charge in [-0.05, 0) is 65.7 Å². The van der Waals surface area contributed by atoms with E-state index < -0.39 is 58.0 Å². The van der Waals surface area contributed by atoms with Gasteiger partial charge in [-0.25, -0.2) is 50.0 Å². The summed E-state index contributed by atoms with van der Waals surface area (Å²) in [5.41, 5.74) is 5.07. The molecule has 0 unspecified atom stereocenters. The van der Waals surface area contributed by atoms with E-state index in [-0.39, 0.29) is 67.7 Å². The molecule has 0 aliphatic rings. The SMILES string of the molecule is COc1ccc(CN(c2nn(C)c3c(-n4c([C@H](Cc5cc(F)cc(F)c5)OC(N)=O)nc5cc(-c6nccc(C(F)F)n6)ccc5c4=O)ccc(Cl)c23)S(C)(=O)=O)cc1. The number of methoxy groups -OCH3 is 1. The smallest absolute Gasteiger partial charge is 0.405 e. The minimum Gasteiger partial charge on any atom is -0.497 e. The number of hydrogen-bond acceptors (Lipinski definition) is 10. The Morgan fingerprint density at radius 3 is 2.32 bits per heavy atom. The molecule has 0 aliphatic carbocycles. The molecule has 0 fully saturated rings. The third-order valence-corrected chi connectivity index (χ3v) is 10.6. The number of amides is 1. The predicted molar refractivity (Wildman–Crippen MR) is 210 cm³/mol. The highest BCUT2D eigenvalue weighted by molar-refractivity contribution is 7.92. The van der Waals surface area contributed by atoms with Crippen LogP contribution in [0, 0.1) is 11.6 Å². The molecule has 0 bridgehead atoms. The molecule has 1 atom stereocenters. The molecule has 3 heterocycles. The Morgan fingerprint density at radius 2 is 1.68 bits per heavy atom. The van der Waals surface area contributed by atoms with Gasteiger partial charge in [0.25, 0.3) is 12.0 Å². The lowest BCUT2D eigenvalue weighted by Gasteiger charge is -2.23. The average Bonchev–Trinajstić information content (AvgIpc) is 3.53. The van der Waals surface area contributed by atoms with Crippen LogP contribution in [0.4, 0.5) is 28.2 Å². The molecule has 1 amide bonds. The monoisotopic (exact) mass is 850 g/mol. The van der Waals surface area contributed by atoms with E-state index in [1.54, 1.807) is 24.3 Å². The Bertz CT molecular complexity index is 2930. The molecular formula is C39H31ClF4N8O6S. The number of fused-ring (bicyclic) bond motifs is 2. The number of ether oxygens (including phenoxy) is 2. The predicted octanol–water partition coefficient (Wildman–Crippen LogP) is 6.95. The largest absolute Gasteiger partial charge is 0.497 e. The van der Waals surface area contributed by atoms with Crippen LogP contribution in [0.25, 0.3) is 38.9 Å². The summed E-state index contributed by atoms with van der Waals surface area (Å²) in [4.78, 5) is 40.0. The number of primary amides is 1. The Labute approximate surface area is 337 Å². The van der Waals surface area contributed by atoms with Gasteiger partial charge in [0, 0.05) is 31.3 Å². The van der Waals surface area contributed by atoms with Crippen molar-refractivity contribution in [3.63, 3.8) is 0 Å². The summed E-state index contributed by atoms with van der Waals surface area (Å²) < 4.78 is 96.9. The van der Waals surface area contributed by atoms with Gasteiger partial charge < -0.3 is 15.2 Å². The number of aromatic nitrogens is 6. The number of rotatable bonds is 12. The van der Waals surface area contributed by atoms with Gasteiger partial charge in [0.15, 0.2) is 23.6 Å². The van der Waals surface area contributed by atoms with Gasteiger partial charge >= 0.3 is 6.09 Å².